The SMILES string of the molecule is CC1(NCc2cc(Cl)c3c(c2)OCCO3)CCCOC1. The first-order valence-corrected chi connectivity index (χ1v) is 7.45. The van der Waals surface area contributed by atoms with Crippen molar-refractivity contribution in [1.82, 2.24) is 5.32 Å². The van der Waals surface area contributed by atoms with Gasteiger partial charge in [-0.25, -0.2) is 0 Å². The van der Waals surface area contributed by atoms with Crippen LogP contribution in [-0.2, 0) is 11.3 Å². The van der Waals surface area contributed by atoms with Crippen molar-refractivity contribution in [1.29, 1.82) is 0 Å². The molecule has 1 saturated heterocycles. The van der Waals surface area contributed by atoms with E-state index in [2.05, 4.69) is 12.2 Å². The van der Waals surface area contributed by atoms with Crippen molar-refractivity contribution in [2.75, 3.05) is 26.4 Å². The molecule has 1 unspecified atom stereocenters. The van der Waals surface area contributed by atoms with Crippen LogP contribution in [0.3, 0.4) is 0 Å². The van der Waals surface area contributed by atoms with Crippen molar-refractivity contribution in [2.45, 2.75) is 31.8 Å². The standard InChI is InChI=1S/C15H20ClNO3/c1-15(3-2-4-18-10-15)17-9-11-7-12(16)14-13(8-11)19-5-6-20-14/h7-8,17H,2-6,9-10H2,1H3. The number of fused-ring (bicyclic) bond motifs is 1. The lowest BCUT2D eigenvalue weighted by atomic mass is 9.94. The molecule has 1 aromatic carbocycles. The Balaban J connectivity index is 1.70. The largest absolute Gasteiger partial charge is 0.486 e. The van der Waals surface area contributed by atoms with Crippen molar-refractivity contribution in [3.8, 4) is 11.5 Å². The maximum absolute atomic E-state index is 6.25. The number of nitrogens with one attached hydrogen (secondary N) is 1. The number of rotatable bonds is 3. The topological polar surface area (TPSA) is 39.7 Å². The highest BCUT2D eigenvalue weighted by molar-refractivity contribution is 6.32. The fourth-order valence-electron chi connectivity index (χ4n) is 2.66. The highest BCUT2D eigenvalue weighted by Gasteiger charge is 2.27. The Hall–Kier alpha value is -0.970. The summed E-state index contributed by atoms with van der Waals surface area (Å²) in [7, 11) is 0. The van der Waals surface area contributed by atoms with Gasteiger partial charge in [-0.05, 0) is 37.5 Å². The highest BCUT2D eigenvalue weighted by Crippen LogP contribution is 2.38. The molecule has 4 nitrogen and oxygen atoms in total. The summed E-state index contributed by atoms with van der Waals surface area (Å²) in [6.07, 6.45) is 2.23. The van der Waals surface area contributed by atoms with Gasteiger partial charge in [0.15, 0.2) is 11.5 Å². The first-order chi connectivity index (χ1) is 9.66. The van der Waals surface area contributed by atoms with Crippen LogP contribution >= 0.6 is 11.6 Å². The van der Waals surface area contributed by atoms with Crippen LogP contribution in [0.4, 0.5) is 0 Å². The lowest BCUT2D eigenvalue weighted by molar-refractivity contribution is 0.0277. The van der Waals surface area contributed by atoms with E-state index in [1.54, 1.807) is 0 Å². The number of hydrogen-bond acceptors (Lipinski definition) is 4. The zero-order valence-electron chi connectivity index (χ0n) is 11.7. The van der Waals surface area contributed by atoms with Gasteiger partial charge in [-0.3, -0.25) is 0 Å². The minimum Gasteiger partial charge on any atom is -0.486 e. The molecule has 0 radical (unpaired) electrons. The summed E-state index contributed by atoms with van der Waals surface area (Å²) in [5.74, 6) is 1.40. The Bertz CT molecular complexity index is 486. The van der Waals surface area contributed by atoms with Crippen molar-refractivity contribution < 1.29 is 14.2 Å². The van der Waals surface area contributed by atoms with Crippen LogP contribution in [0.25, 0.3) is 0 Å². The molecule has 1 aromatic rings. The molecule has 1 atom stereocenters. The maximum Gasteiger partial charge on any atom is 0.179 e. The third kappa shape index (κ3) is 3.03. The summed E-state index contributed by atoms with van der Waals surface area (Å²) in [6, 6.07) is 3.94. The van der Waals surface area contributed by atoms with Crippen molar-refractivity contribution in [3.63, 3.8) is 0 Å². The number of hydrogen-bond donors (Lipinski definition) is 1. The zero-order chi connectivity index (χ0) is 14.0. The van der Waals surface area contributed by atoms with Crippen LogP contribution in [0, 0.1) is 0 Å². The lowest BCUT2D eigenvalue weighted by Crippen LogP contribution is -2.48. The molecule has 0 aliphatic carbocycles. The number of halogens is 1. The Morgan fingerprint density at radius 1 is 1.25 bits per heavy atom. The van der Waals surface area contributed by atoms with Crippen LogP contribution in [0.15, 0.2) is 12.1 Å². The van der Waals surface area contributed by atoms with Gasteiger partial charge in [0.05, 0.1) is 11.6 Å². The van der Waals surface area contributed by atoms with E-state index in [4.69, 9.17) is 25.8 Å². The monoisotopic (exact) mass is 297 g/mol. The van der Waals surface area contributed by atoms with Crippen LogP contribution in [0.1, 0.15) is 25.3 Å². The third-order valence-electron chi connectivity index (χ3n) is 3.81. The van der Waals surface area contributed by atoms with Crippen LogP contribution < -0.4 is 14.8 Å². The van der Waals surface area contributed by atoms with Gasteiger partial charge in [-0.15, -0.1) is 0 Å². The Labute approximate surface area is 124 Å². The fourth-order valence-corrected chi connectivity index (χ4v) is 2.94. The predicted octanol–water partition coefficient (Wildman–Crippen LogP) is 2.77. The minimum absolute atomic E-state index is 0.0397. The summed E-state index contributed by atoms with van der Waals surface area (Å²) in [5, 5.41) is 4.18. The molecule has 0 amide bonds. The molecule has 0 spiro atoms. The molecule has 2 heterocycles. The van der Waals surface area contributed by atoms with Gasteiger partial charge in [-0.1, -0.05) is 11.6 Å². The molecule has 2 aliphatic rings. The molecule has 0 bridgehead atoms. The maximum atomic E-state index is 6.25. The Morgan fingerprint density at radius 2 is 2.10 bits per heavy atom. The molecular weight excluding hydrogens is 278 g/mol. The molecule has 5 heteroatoms. The van der Waals surface area contributed by atoms with Gasteiger partial charge in [0.1, 0.15) is 13.2 Å². The zero-order valence-corrected chi connectivity index (χ0v) is 12.5. The first kappa shape index (κ1) is 14.0. The molecule has 1 N–H and O–H groups in total. The summed E-state index contributed by atoms with van der Waals surface area (Å²) < 4.78 is 16.7. The lowest BCUT2D eigenvalue weighted by Gasteiger charge is -2.34. The number of ether oxygens (including phenoxy) is 3. The van der Waals surface area contributed by atoms with E-state index in [9.17, 15) is 0 Å². The van der Waals surface area contributed by atoms with Gasteiger partial charge in [-0.2, -0.15) is 0 Å². The third-order valence-corrected chi connectivity index (χ3v) is 4.09. The van der Waals surface area contributed by atoms with E-state index >= 15 is 0 Å². The summed E-state index contributed by atoms with van der Waals surface area (Å²) in [5.41, 5.74) is 1.14. The quantitative estimate of drug-likeness (QED) is 0.931. The molecule has 2 aliphatic heterocycles. The van der Waals surface area contributed by atoms with E-state index < -0.39 is 0 Å². The predicted molar refractivity (Wildman–Crippen MR) is 77.7 cm³/mol. The second-order valence-corrected chi connectivity index (χ2v) is 6.08. The van der Waals surface area contributed by atoms with E-state index in [1.807, 2.05) is 12.1 Å². The fraction of sp³-hybridized carbons (Fsp3) is 0.600. The summed E-state index contributed by atoms with van der Waals surface area (Å²) in [4.78, 5) is 0. The average Bonchev–Trinajstić information content (AvgIpc) is 2.46. The van der Waals surface area contributed by atoms with Gasteiger partial charge < -0.3 is 19.5 Å². The minimum atomic E-state index is 0.0397. The van der Waals surface area contributed by atoms with Gasteiger partial charge >= 0.3 is 0 Å². The highest BCUT2D eigenvalue weighted by atomic mass is 35.5. The van der Waals surface area contributed by atoms with Gasteiger partial charge in [0, 0.05) is 18.7 Å². The smallest absolute Gasteiger partial charge is 0.179 e. The second kappa shape index (κ2) is 5.80. The normalized spacial score (nSPS) is 25.5. The molecule has 0 aromatic heterocycles. The molecule has 0 saturated carbocycles. The Morgan fingerprint density at radius 3 is 2.90 bits per heavy atom. The van der Waals surface area contributed by atoms with E-state index in [1.165, 1.54) is 0 Å². The second-order valence-electron chi connectivity index (χ2n) is 5.67. The molecular formula is C15H20ClNO3. The Kier molecular flexibility index (Phi) is 4.06. The van der Waals surface area contributed by atoms with Crippen LogP contribution in [-0.4, -0.2) is 32.0 Å². The van der Waals surface area contributed by atoms with Crippen molar-refractivity contribution >= 4 is 11.6 Å². The average molecular weight is 298 g/mol. The molecule has 1 fully saturated rings. The van der Waals surface area contributed by atoms with E-state index in [0.717, 1.165) is 43.9 Å². The molecule has 20 heavy (non-hydrogen) atoms. The molecule has 110 valence electrons. The van der Waals surface area contributed by atoms with E-state index in [-0.39, 0.29) is 5.54 Å². The first-order valence-electron chi connectivity index (χ1n) is 7.07. The number of benzene rings is 1. The molecule has 3 rings (SSSR count). The van der Waals surface area contributed by atoms with E-state index in [0.29, 0.717) is 24.0 Å². The van der Waals surface area contributed by atoms with Crippen LogP contribution in [0.5, 0.6) is 11.5 Å². The van der Waals surface area contributed by atoms with Crippen molar-refractivity contribution in [3.05, 3.63) is 22.7 Å². The van der Waals surface area contributed by atoms with Gasteiger partial charge in [0.25, 0.3) is 0 Å². The van der Waals surface area contributed by atoms with Gasteiger partial charge in [0.2, 0.25) is 0 Å². The summed E-state index contributed by atoms with van der Waals surface area (Å²) in [6.45, 7) is 5.70. The summed E-state index contributed by atoms with van der Waals surface area (Å²) >= 11 is 6.25. The van der Waals surface area contributed by atoms with Crippen LogP contribution in [0.2, 0.25) is 5.02 Å². The van der Waals surface area contributed by atoms with Crippen molar-refractivity contribution in [2.24, 2.45) is 0 Å².